The van der Waals surface area contributed by atoms with E-state index in [1.54, 1.807) is 27.7 Å². The van der Waals surface area contributed by atoms with Gasteiger partial charge in [0.05, 0.1) is 54.7 Å². The molecule has 0 aliphatic carbocycles. The van der Waals surface area contributed by atoms with E-state index in [0.29, 0.717) is 26.1 Å². The molecule has 14 nitrogen and oxygen atoms in total. The maximum atomic E-state index is 14.5. The van der Waals surface area contributed by atoms with Crippen LogP contribution in [0.3, 0.4) is 0 Å². The Labute approximate surface area is 341 Å². The molecule has 3 heterocycles. The summed E-state index contributed by atoms with van der Waals surface area (Å²) in [6, 6.07) is 9.26. The van der Waals surface area contributed by atoms with Crippen LogP contribution >= 0.6 is 0 Å². The maximum absolute atomic E-state index is 14.5. The number of ether oxygens (including phenoxy) is 7. The number of carbonyl (C=O) groups is 1. The van der Waals surface area contributed by atoms with Crippen LogP contribution in [0.2, 0.25) is 0 Å². The molecule has 3 fully saturated rings. The highest BCUT2D eigenvalue weighted by atomic mass is 16.7. The number of likely N-dealkylation sites (N-methyl/N-ethyl adjacent to an activating group) is 2. The number of hydrogen-bond acceptors (Lipinski definition) is 14. The largest absolute Gasteiger partial charge is 0.458 e. The van der Waals surface area contributed by atoms with Crippen LogP contribution in [-0.4, -0.2) is 158 Å². The average Bonchev–Trinajstić information content (AvgIpc) is 3.14. The zero-order chi connectivity index (χ0) is 42.4. The number of esters is 1. The summed E-state index contributed by atoms with van der Waals surface area (Å²) in [6.45, 7) is 16.5. The molecule has 0 amide bonds. The van der Waals surface area contributed by atoms with E-state index >= 15 is 0 Å². The molecule has 328 valence electrons. The minimum Gasteiger partial charge on any atom is -0.458 e. The third-order valence-corrected chi connectivity index (χ3v) is 12.7. The SMILES string of the molecule is CO[C@]1(C)C[C@H](O[C@H]2[C@H](C)[C@@H](O[C@@H]3O[C@H](C)C[C@H](N(C)C)[C@H]3O)[C@](C)(O)C[C@@H](C)[C@H](N)[C@H](C)CN(C)C[C@H](COCc3ccccc3)OC(=O)[C@@H]2C)O[C@@H](C)[C@@H]1O. The number of aliphatic hydroxyl groups excluding tert-OH is 2. The number of benzene rings is 1. The van der Waals surface area contributed by atoms with E-state index in [-0.39, 0.29) is 49.5 Å². The predicted molar refractivity (Wildman–Crippen MR) is 216 cm³/mol. The minimum absolute atomic E-state index is 0.0143. The molecule has 0 unspecified atom stereocenters. The van der Waals surface area contributed by atoms with E-state index < -0.39 is 78.2 Å². The summed E-state index contributed by atoms with van der Waals surface area (Å²) in [5, 5.41) is 35.3. The van der Waals surface area contributed by atoms with Crippen molar-refractivity contribution in [1.29, 1.82) is 0 Å². The lowest BCUT2D eigenvalue weighted by molar-refractivity contribution is -0.318. The van der Waals surface area contributed by atoms with Gasteiger partial charge in [-0.2, -0.15) is 0 Å². The van der Waals surface area contributed by atoms with Gasteiger partial charge < -0.3 is 64.0 Å². The van der Waals surface area contributed by atoms with Gasteiger partial charge in [-0.1, -0.05) is 51.1 Å². The van der Waals surface area contributed by atoms with Crippen molar-refractivity contribution in [2.24, 2.45) is 29.4 Å². The van der Waals surface area contributed by atoms with E-state index in [4.69, 9.17) is 38.9 Å². The number of hydrogen-bond donors (Lipinski definition) is 4. The molecule has 0 radical (unpaired) electrons. The fourth-order valence-corrected chi connectivity index (χ4v) is 9.19. The van der Waals surface area contributed by atoms with Gasteiger partial charge in [-0.3, -0.25) is 4.79 Å². The molecule has 0 saturated carbocycles. The van der Waals surface area contributed by atoms with E-state index in [1.165, 1.54) is 7.11 Å². The lowest BCUT2D eigenvalue weighted by Crippen LogP contribution is -2.60. The van der Waals surface area contributed by atoms with Gasteiger partial charge in [0.2, 0.25) is 0 Å². The molecule has 3 aliphatic rings. The molecule has 5 N–H and O–H groups in total. The lowest BCUT2D eigenvalue weighted by atomic mass is 9.75. The molecule has 0 bridgehead atoms. The Balaban J connectivity index is 1.76. The Morgan fingerprint density at radius 2 is 1.63 bits per heavy atom. The van der Waals surface area contributed by atoms with Crippen LogP contribution < -0.4 is 5.73 Å². The van der Waals surface area contributed by atoms with Crippen LogP contribution in [-0.2, 0) is 44.6 Å². The molecule has 1 aromatic rings. The average molecular weight is 810 g/mol. The maximum Gasteiger partial charge on any atom is 0.311 e. The summed E-state index contributed by atoms with van der Waals surface area (Å²) < 4.78 is 44.3. The second-order valence-corrected chi connectivity index (χ2v) is 18.2. The van der Waals surface area contributed by atoms with Crippen LogP contribution in [0.25, 0.3) is 0 Å². The van der Waals surface area contributed by atoms with Crippen molar-refractivity contribution in [1.82, 2.24) is 9.80 Å². The van der Waals surface area contributed by atoms with Crippen molar-refractivity contribution in [2.75, 3.05) is 47.9 Å². The number of methoxy groups -OCH3 is 1. The zero-order valence-electron chi connectivity index (χ0n) is 36.6. The first-order valence-electron chi connectivity index (χ1n) is 20.9. The first-order valence-corrected chi connectivity index (χ1v) is 20.9. The number of carbonyl (C=O) groups excluding carboxylic acids is 1. The highest BCUT2D eigenvalue weighted by Gasteiger charge is 2.51. The van der Waals surface area contributed by atoms with Crippen molar-refractivity contribution >= 4 is 5.97 Å². The Bertz CT molecular complexity index is 1370. The van der Waals surface area contributed by atoms with Crippen LogP contribution in [0.1, 0.15) is 80.2 Å². The smallest absolute Gasteiger partial charge is 0.311 e. The molecule has 3 saturated heterocycles. The van der Waals surface area contributed by atoms with Gasteiger partial charge in [-0.25, -0.2) is 0 Å². The first-order chi connectivity index (χ1) is 26.7. The molecule has 14 heteroatoms. The lowest BCUT2D eigenvalue weighted by Gasteiger charge is -2.49. The van der Waals surface area contributed by atoms with E-state index in [0.717, 1.165) is 5.56 Å². The van der Waals surface area contributed by atoms with Crippen LogP contribution in [0.4, 0.5) is 0 Å². The number of nitrogens with two attached hydrogens (primary N) is 1. The highest BCUT2D eigenvalue weighted by Crippen LogP contribution is 2.40. The Morgan fingerprint density at radius 1 is 0.965 bits per heavy atom. The topological polar surface area (TPSA) is 175 Å². The predicted octanol–water partition coefficient (Wildman–Crippen LogP) is 3.17. The van der Waals surface area contributed by atoms with E-state index in [2.05, 4.69) is 11.8 Å². The summed E-state index contributed by atoms with van der Waals surface area (Å²) in [5.41, 5.74) is 5.41. The van der Waals surface area contributed by atoms with E-state index in [9.17, 15) is 20.1 Å². The van der Waals surface area contributed by atoms with Gasteiger partial charge in [-0.05, 0) is 86.0 Å². The Morgan fingerprint density at radius 3 is 2.26 bits per heavy atom. The minimum atomic E-state index is -1.55. The summed E-state index contributed by atoms with van der Waals surface area (Å²) >= 11 is 0. The molecule has 0 aromatic heterocycles. The van der Waals surface area contributed by atoms with Crippen molar-refractivity contribution in [3.63, 3.8) is 0 Å². The standard InChI is InChI=1S/C43H75N3O11/c1-25-19-42(7,50)39(57-41-36(47)33(45(9)10)18-27(3)53-41)28(4)37(56-34-20-43(8,51-12)38(48)30(6)54-34)29(5)40(49)55-32(22-46(11)21-26(2)35(25)44)24-52-23-31-16-14-13-15-17-31/h13-17,25-30,32-39,41,47-48,50H,18-24,44H2,1-12H3/t25-,26-,27-,28+,29-,30+,32-,33+,34+,35+,36-,37+,38+,39-,41+,42-,43-/m1/s1. The molecule has 17 atom stereocenters. The van der Waals surface area contributed by atoms with Gasteiger partial charge in [0.15, 0.2) is 12.6 Å². The van der Waals surface area contributed by atoms with Crippen LogP contribution in [0, 0.1) is 23.7 Å². The van der Waals surface area contributed by atoms with Crippen molar-refractivity contribution < 1.29 is 53.3 Å². The molecule has 0 spiro atoms. The van der Waals surface area contributed by atoms with Crippen molar-refractivity contribution in [2.45, 2.75) is 160 Å². The van der Waals surface area contributed by atoms with Crippen LogP contribution in [0.5, 0.6) is 0 Å². The molecule has 4 rings (SSSR count). The normalized spacial score (nSPS) is 43.6. The molecule has 57 heavy (non-hydrogen) atoms. The van der Waals surface area contributed by atoms with Gasteiger partial charge in [0.1, 0.15) is 18.3 Å². The molecular formula is C43H75N3O11. The molecule has 1 aromatic carbocycles. The number of cyclic esters (lactones) is 1. The van der Waals surface area contributed by atoms with Crippen molar-refractivity contribution in [3.05, 3.63) is 35.9 Å². The van der Waals surface area contributed by atoms with Crippen molar-refractivity contribution in [3.8, 4) is 0 Å². The summed E-state index contributed by atoms with van der Waals surface area (Å²) in [7, 11) is 7.32. The highest BCUT2D eigenvalue weighted by molar-refractivity contribution is 5.73. The second-order valence-electron chi connectivity index (χ2n) is 18.2. The van der Waals surface area contributed by atoms with E-state index in [1.807, 2.05) is 77.1 Å². The summed E-state index contributed by atoms with van der Waals surface area (Å²) in [4.78, 5) is 18.5. The summed E-state index contributed by atoms with van der Waals surface area (Å²) in [5.74, 6) is -2.29. The monoisotopic (exact) mass is 810 g/mol. The fraction of sp³-hybridized carbons (Fsp3) is 0.837. The Hall–Kier alpha value is -1.79. The molecule has 3 aliphatic heterocycles. The number of rotatable bonds is 10. The van der Waals surface area contributed by atoms with Gasteiger partial charge >= 0.3 is 5.97 Å². The number of nitrogens with zero attached hydrogens (tertiary/aromatic N) is 2. The number of aliphatic hydroxyl groups is 3. The third kappa shape index (κ3) is 12.4. The summed E-state index contributed by atoms with van der Waals surface area (Å²) in [6.07, 6.45) is -6.45. The zero-order valence-corrected chi connectivity index (χ0v) is 36.6. The Kier molecular flexibility index (Phi) is 17.3. The quantitative estimate of drug-likeness (QED) is 0.254. The van der Waals surface area contributed by atoms with Gasteiger partial charge in [0.25, 0.3) is 0 Å². The molecular weight excluding hydrogens is 734 g/mol. The first kappa shape index (κ1) is 47.9. The van der Waals surface area contributed by atoms with Gasteiger partial charge in [-0.15, -0.1) is 0 Å². The third-order valence-electron chi connectivity index (χ3n) is 12.7. The van der Waals surface area contributed by atoms with Gasteiger partial charge in [0, 0.05) is 44.6 Å². The van der Waals surface area contributed by atoms with Crippen LogP contribution in [0.15, 0.2) is 30.3 Å². The fourth-order valence-electron chi connectivity index (χ4n) is 9.19. The second kappa shape index (κ2) is 20.7.